The topological polar surface area (TPSA) is 41.1 Å². The van der Waals surface area contributed by atoms with Crippen LogP contribution >= 0.6 is 0 Å². The molecule has 0 radical (unpaired) electrons. The van der Waals surface area contributed by atoms with Crippen molar-refractivity contribution in [1.29, 1.82) is 0 Å². The number of hydrogen-bond donors (Lipinski definition) is 1. The van der Waals surface area contributed by atoms with E-state index in [9.17, 15) is 0 Å². The molecule has 1 fully saturated rings. The molecule has 4 nitrogen and oxygen atoms in total. The van der Waals surface area contributed by atoms with E-state index in [2.05, 4.69) is 60.2 Å². The van der Waals surface area contributed by atoms with E-state index in [-0.39, 0.29) is 0 Å². The average Bonchev–Trinajstić information content (AvgIpc) is 2.55. The largest absolute Gasteiger partial charge is 0.366 e. The molecular formula is C18H24N4. The number of piperazine rings is 1. The van der Waals surface area contributed by atoms with E-state index in [1.807, 2.05) is 6.20 Å². The van der Waals surface area contributed by atoms with Gasteiger partial charge in [0.25, 0.3) is 0 Å². The maximum absolute atomic E-state index is 4.91. The van der Waals surface area contributed by atoms with E-state index in [0.717, 1.165) is 43.4 Å². The Labute approximate surface area is 132 Å². The number of nitrogens with zero attached hydrogens (tertiary/aromatic N) is 3. The summed E-state index contributed by atoms with van der Waals surface area (Å²) in [6.07, 6.45) is 2.01. The fourth-order valence-electron chi connectivity index (χ4n) is 2.84. The van der Waals surface area contributed by atoms with Crippen molar-refractivity contribution in [2.45, 2.75) is 26.7 Å². The van der Waals surface area contributed by atoms with Crippen molar-refractivity contribution >= 4 is 5.69 Å². The van der Waals surface area contributed by atoms with Crippen LogP contribution < -0.4 is 10.2 Å². The molecule has 0 aliphatic carbocycles. The van der Waals surface area contributed by atoms with Gasteiger partial charge in [-0.05, 0) is 12.5 Å². The molecule has 116 valence electrons. The summed E-state index contributed by atoms with van der Waals surface area (Å²) < 4.78 is 0. The summed E-state index contributed by atoms with van der Waals surface area (Å²) in [5, 5.41) is 3.40. The Bertz CT molecular complexity index is 645. The lowest BCUT2D eigenvalue weighted by Gasteiger charge is -2.31. The first-order valence-corrected chi connectivity index (χ1v) is 8.05. The van der Waals surface area contributed by atoms with Gasteiger partial charge in [-0.1, -0.05) is 38.1 Å². The van der Waals surface area contributed by atoms with Crippen LogP contribution in [0.4, 0.5) is 5.69 Å². The Morgan fingerprint density at radius 2 is 1.86 bits per heavy atom. The maximum Gasteiger partial charge on any atom is 0.131 e. The van der Waals surface area contributed by atoms with Crippen LogP contribution in [0.2, 0.25) is 0 Å². The monoisotopic (exact) mass is 296 g/mol. The van der Waals surface area contributed by atoms with E-state index >= 15 is 0 Å². The zero-order valence-electron chi connectivity index (χ0n) is 13.6. The van der Waals surface area contributed by atoms with Crippen molar-refractivity contribution in [3.05, 3.63) is 41.9 Å². The smallest absolute Gasteiger partial charge is 0.131 e. The summed E-state index contributed by atoms with van der Waals surface area (Å²) in [5.41, 5.74) is 4.69. The molecule has 0 saturated carbocycles. The van der Waals surface area contributed by atoms with Gasteiger partial charge in [0.15, 0.2) is 0 Å². The molecule has 1 aromatic carbocycles. The van der Waals surface area contributed by atoms with Gasteiger partial charge in [-0.25, -0.2) is 9.97 Å². The minimum absolute atomic E-state index is 0.333. The molecule has 1 aromatic heterocycles. The van der Waals surface area contributed by atoms with Crippen molar-refractivity contribution in [1.82, 2.24) is 15.3 Å². The van der Waals surface area contributed by atoms with Gasteiger partial charge in [-0.2, -0.15) is 0 Å². The highest BCUT2D eigenvalue weighted by molar-refractivity contribution is 5.76. The lowest BCUT2D eigenvalue weighted by atomic mass is 10.0. The second-order valence-corrected chi connectivity index (χ2v) is 6.17. The third-order valence-electron chi connectivity index (χ3n) is 4.16. The minimum atomic E-state index is 0.333. The van der Waals surface area contributed by atoms with Crippen molar-refractivity contribution in [2.75, 3.05) is 31.1 Å². The Balaban J connectivity index is 2.11. The first-order valence-electron chi connectivity index (χ1n) is 8.05. The molecule has 0 atom stereocenters. The molecule has 1 aliphatic rings. The number of nitrogens with one attached hydrogen (secondary N) is 1. The van der Waals surface area contributed by atoms with E-state index in [4.69, 9.17) is 4.98 Å². The standard InChI is InChI=1S/C18H24N4/c1-13(2)18-20-12-16(22-10-8-19-9-11-22)17(21-18)15-7-5-4-6-14(15)3/h4-7,12-13,19H,8-11H2,1-3H3. The van der Waals surface area contributed by atoms with Crippen LogP contribution in [0.5, 0.6) is 0 Å². The third kappa shape index (κ3) is 2.97. The summed E-state index contributed by atoms with van der Waals surface area (Å²) in [6, 6.07) is 8.47. The van der Waals surface area contributed by atoms with Gasteiger partial charge in [-0.3, -0.25) is 0 Å². The first kappa shape index (κ1) is 15.0. The fourth-order valence-corrected chi connectivity index (χ4v) is 2.84. The SMILES string of the molecule is Cc1ccccc1-c1nc(C(C)C)ncc1N1CCNCC1. The maximum atomic E-state index is 4.91. The molecule has 0 bridgehead atoms. The van der Waals surface area contributed by atoms with Gasteiger partial charge < -0.3 is 10.2 Å². The van der Waals surface area contributed by atoms with Crippen LogP contribution in [0.15, 0.2) is 30.5 Å². The first-order chi connectivity index (χ1) is 10.7. The van der Waals surface area contributed by atoms with Gasteiger partial charge in [-0.15, -0.1) is 0 Å². The predicted octanol–water partition coefficient (Wildman–Crippen LogP) is 2.99. The molecule has 0 unspecified atom stereocenters. The van der Waals surface area contributed by atoms with Crippen LogP contribution in [0.25, 0.3) is 11.3 Å². The molecule has 3 rings (SSSR count). The highest BCUT2D eigenvalue weighted by Gasteiger charge is 2.19. The number of aryl methyl sites for hydroxylation is 1. The lowest BCUT2D eigenvalue weighted by molar-refractivity contribution is 0.588. The average molecular weight is 296 g/mol. The van der Waals surface area contributed by atoms with Crippen LogP contribution in [-0.2, 0) is 0 Å². The van der Waals surface area contributed by atoms with Crippen molar-refractivity contribution in [3.8, 4) is 11.3 Å². The number of anilines is 1. The second kappa shape index (κ2) is 6.44. The Morgan fingerprint density at radius 1 is 1.14 bits per heavy atom. The molecule has 1 saturated heterocycles. The van der Waals surface area contributed by atoms with Crippen LogP contribution in [-0.4, -0.2) is 36.1 Å². The molecule has 2 heterocycles. The predicted molar refractivity (Wildman–Crippen MR) is 91.4 cm³/mol. The molecule has 0 amide bonds. The van der Waals surface area contributed by atoms with E-state index in [1.165, 1.54) is 11.1 Å². The number of hydrogen-bond acceptors (Lipinski definition) is 4. The van der Waals surface area contributed by atoms with Crippen LogP contribution in [0, 0.1) is 6.92 Å². The molecule has 4 heteroatoms. The summed E-state index contributed by atoms with van der Waals surface area (Å²) in [4.78, 5) is 11.9. The lowest BCUT2D eigenvalue weighted by Crippen LogP contribution is -2.43. The minimum Gasteiger partial charge on any atom is -0.366 e. The van der Waals surface area contributed by atoms with Crippen molar-refractivity contribution in [2.24, 2.45) is 0 Å². The molecule has 1 aliphatic heterocycles. The van der Waals surface area contributed by atoms with Crippen LogP contribution in [0.3, 0.4) is 0 Å². The van der Waals surface area contributed by atoms with Gasteiger partial charge in [0, 0.05) is 37.7 Å². The second-order valence-electron chi connectivity index (χ2n) is 6.17. The summed E-state index contributed by atoms with van der Waals surface area (Å²) in [6.45, 7) is 10.5. The number of aromatic nitrogens is 2. The zero-order chi connectivity index (χ0) is 15.5. The van der Waals surface area contributed by atoms with Crippen molar-refractivity contribution in [3.63, 3.8) is 0 Å². The van der Waals surface area contributed by atoms with E-state index in [1.54, 1.807) is 0 Å². The third-order valence-corrected chi connectivity index (χ3v) is 4.16. The molecule has 22 heavy (non-hydrogen) atoms. The molecule has 1 N–H and O–H groups in total. The van der Waals surface area contributed by atoms with Gasteiger partial charge >= 0.3 is 0 Å². The van der Waals surface area contributed by atoms with E-state index in [0.29, 0.717) is 5.92 Å². The van der Waals surface area contributed by atoms with E-state index < -0.39 is 0 Å². The summed E-state index contributed by atoms with van der Waals surface area (Å²) >= 11 is 0. The normalized spacial score (nSPS) is 15.4. The quantitative estimate of drug-likeness (QED) is 0.945. The summed E-state index contributed by atoms with van der Waals surface area (Å²) in [7, 11) is 0. The highest BCUT2D eigenvalue weighted by atomic mass is 15.2. The Morgan fingerprint density at radius 3 is 2.55 bits per heavy atom. The zero-order valence-corrected chi connectivity index (χ0v) is 13.6. The number of rotatable bonds is 3. The number of benzene rings is 1. The Hall–Kier alpha value is -1.94. The van der Waals surface area contributed by atoms with Crippen LogP contribution in [0.1, 0.15) is 31.2 Å². The summed E-state index contributed by atoms with van der Waals surface area (Å²) in [5.74, 6) is 1.25. The molecular weight excluding hydrogens is 272 g/mol. The molecule has 0 spiro atoms. The van der Waals surface area contributed by atoms with Gasteiger partial charge in [0.2, 0.25) is 0 Å². The van der Waals surface area contributed by atoms with Gasteiger partial charge in [0.05, 0.1) is 17.6 Å². The Kier molecular flexibility index (Phi) is 4.39. The molecule has 2 aromatic rings. The van der Waals surface area contributed by atoms with Gasteiger partial charge in [0.1, 0.15) is 5.82 Å². The fraction of sp³-hybridized carbons (Fsp3) is 0.444. The highest BCUT2D eigenvalue weighted by Crippen LogP contribution is 2.31. The van der Waals surface area contributed by atoms with Crippen molar-refractivity contribution < 1.29 is 0 Å².